The highest BCUT2D eigenvalue weighted by atomic mass is 32.2. The molecule has 0 spiro atoms. The number of esters is 1. The average Bonchev–Trinajstić information content (AvgIpc) is 3.40. The summed E-state index contributed by atoms with van der Waals surface area (Å²) in [6.45, 7) is 3.64. The first kappa shape index (κ1) is 29.5. The number of aromatic nitrogens is 1. The number of halogens is 1. The number of hydrogen-bond acceptors (Lipinski definition) is 9. The van der Waals surface area contributed by atoms with Crippen molar-refractivity contribution in [2.75, 3.05) is 23.3 Å². The van der Waals surface area contributed by atoms with Crippen LogP contribution in [0.5, 0.6) is 5.75 Å². The smallest absolute Gasteiger partial charge is 0.360 e. The van der Waals surface area contributed by atoms with Gasteiger partial charge < -0.3 is 14.8 Å². The van der Waals surface area contributed by atoms with E-state index in [-0.39, 0.29) is 48.3 Å². The number of ether oxygens (including phenoxy) is 2. The lowest BCUT2D eigenvalue weighted by molar-refractivity contribution is -0.116. The van der Waals surface area contributed by atoms with E-state index in [0.29, 0.717) is 11.3 Å². The van der Waals surface area contributed by atoms with Crippen molar-refractivity contribution in [1.29, 1.82) is 5.26 Å². The van der Waals surface area contributed by atoms with E-state index >= 15 is 0 Å². The topological polar surface area (TPSA) is 139 Å². The predicted molar refractivity (Wildman–Crippen MR) is 143 cm³/mol. The van der Waals surface area contributed by atoms with Gasteiger partial charge in [-0.3, -0.25) is 9.10 Å². The standard InChI is InChI=1S/C26H27FN4O6S2/c1-17(2)15-37-26(33)24-25(38-16-29-24)31(14-18-6-8-19(36-3)9-7-18)39(34,35)20-10-11-22(21(27)13-20)30-23(32)5-4-12-28/h6-11,13,16-17H,4-5,14-15H2,1-3H3,(H,30,32). The number of carbonyl (C=O) groups excluding carboxylic acids is 2. The van der Waals surface area contributed by atoms with Crippen molar-refractivity contribution < 1.29 is 31.9 Å². The summed E-state index contributed by atoms with van der Waals surface area (Å²) in [6.07, 6.45) is -0.177. The van der Waals surface area contributed by atoms with Gasteiger partial charge in [-0.1, -0.05) is 26.0 Å². The van der Waals surface area contributed by atoms with Crippen LogP contribution in [-0.2, 0) is 26.1 Å². The molecule has 39 heavy (non-hydrogen) atoms. The fourth-order valence-corrected chi connectivity index (χ4v) is 5.78. The van der Waals surface area contributed by atoms with Crippen molar-refractivity contribution in [2.24, 2.45) is 5.92 Å². The van der Waals surface area contributed by atoms with Gasteiger partial charge in [-0.15, -0.1) is 11.3 Å². The fourth-order valence-electron chi connectivity index (χ4n) is 3.30. The molecule has 10 nitrogen and oxygen atoms in total. The first-order valence-electron chi connectivity index (χ1n) is 11.8. The molecule has 0 bridgehead atoms. The van der Waals surface area contributed by atoms with Gasteiger partial charge in [-0.2, -0.15) is 5.26 Å². The minimum absolute atomic E-state index is 0.00821. The summed E-state index contributed by atoms with van der Waals surface area (Å²) in [5.74, 6) is -1.72. The Balaban J connectivity index is 2.01. The van der Waals surface area contributed by atoms with E-state index in [1.807, 2.05) is 19.9 Å². The minimum atomic E-state index is -4.44. The van der Waals surface area contributed by atoms with Crippen molar-refractivity contribution in [3.05, 3.63) is 65.0 Å². The molecule has 3 rings (SSSR count). The summed E-state index contributed by atoms with van der Waals surface area (Å²) in [5.41, 5.74) is 1.49. The van der Waals surface area contributed by atoms with Gasteiger partial charge in [-0.05, 0) is 41.8 Å². The van der Waals surface area contributed by atoms with Crippen LogP contribution in [0.15, 0.2) is 52.9 Å². The van der Waals surface area contributed by atoms with Crippen LogP contribution in [0.3, 0.4) is 0 Å². The molecule has 0 aliphatic carbocycles. The number of rotatable bonds is 12. The van der Waals surface area contributed by atoms with Crippen LogP contribution in [0.2, 0.25) is 0 Å². The molecule has 1 aromatic heterocycles. The van der Waals surface area contributed by atoms with E-state index in [9.17, 15) is 22.4 Å². The number of benzene rings is 2. The summed E-state index contributed by atoms with van der Waals surface area (Å²) in [6, 6.07) is 11.5. The second kappa shape index (κ2) is 13.2. The summed E-state index contributed by atoms with van der Waals surface area (Å²) in [5, 5.41) is 10.9. The number of nitriles is 1. The number of carbonyl (C=O) groups is 2. The van der Waals surface area contributed by atoms with Crippen molar-refractivity contribution in [1.82, 2.24) is 4.98 Å². The maximum atomic E-state index is 14.9. The maximum absolute atomic E-state index is 14.9. The van der Waals surface area contributed by atoms with Crippen molar-refractivity contribution in [3.63, 3.8) is 0 Å². The monoisotopic (exact) mass is 574 g/mol. The maximum Gasteiger partial charge on any atom is 0.360 e. The van der Waals surface area contributed by atoms with Gasteiger partial charge in [-0.25, -0.2) is 22.6 Å². The van der Waals surface area contributed by atoms with Crippen LogP contribution >= 0.6 is 11.3 Å². The molecule has 0 radical (unpaired) electrons. The Labute approximate surface area is 230 Å². The number of thiazole rings is 1. The summed E-state index contributed by atoms with van der Waals surface area (Å²) in [7, 11) is -2.94. The van der Waals surface area contributed by atoms with E-state index in [0.717, 1.165) is 33.8 Å². The number of amides is 1. The first-order valence-corrected chi connectivity index (χ1v) is 14.1. The number of nitrogens with zero attached hydrogens (tertiary/aromatic N) is 3. The zero-order chi connectivity index (χ0) is 28.6. The summed E-state index contributed by atoms with van der Waals surface area (Å²) in [4.78, 5) is 28.3. The Morgan fingerprint density at radius 2 is 1.92 bits per heavy atom. The molecule has 0 saturated heterocycles. The SMILES string of the molecule is COc1ccc(CN(c2scnc2C(=O)OCC(C)C)S(=O)(=O)c2ccc(NC(=O)CCC#N)c(F)c2)cc1. The Hall–Kier alpha value is -4.02. The number of sulfonamides is 1. The Morgan fingerprint density at radius 3 is 2.54 bits per heavy atom. The third-order valence-corrected chi connectivity index (χ3v) is 7.97. The van der Waals surface area contributed by atoms with E-state index in [4.69, 9.17) is 14.7 Å². The molecule has 1 N–H and O–H groups in total. The van der Waals surface area contributed by atoms with Crippen LogP contribution in [0.4, 0.5) is 15.1 Å². The lowest BCUT2D eigenvalue weighted by Crippen LogP contribution is -2.31. The molecule has 3 aromatic rings. The lowest BCUT2D eigenvalue weighted by Gasteiger charge is -2.24. The predicted octanol–water partition coefficient (Wildman–Crippen LogP) is 4.74. The van der Waals surface area contributed by atoms with E-state index < -0.39 is 32.6 Å². The Bertz CT molecular complexity index is 1470. The first-order chi connectivity index (χ1) is 18.6. The molecule has 13 heteroatoms. The molecule has 0 atom stereocenters. The molecule has 0 unspecified atom stereocenters. The summed E-state index contributed by atoms with van der Waals surface area (Å²) < 4.78 is 54.1. The van der Waals surface area contributed by atoms with Crippen molar-refractivity contribution in [2.45, 2.75) is 38.1 Å². The van der Waals surface area contributed by atoms with Crippen LogP contribution in [-0.4, -0.2) is 39.0 Å². The van der Waals surface area contributed by atoms with Crippen molar-refractivity contribution in [3.8, 4) is 11.8 Å². The second-order valence-corrected chi connectivity index (χ2v) is 11.4. The quantitative estimate of drug-likeness (QED) is 0.306. The van der Waals surface area contributed by atoms with Crippen molar-refractivity contribution >= 4 is 43.9 Å². The molecule has 2 aromatic carbocycles. The number of hydrogen-bond donors (Lipinski definition) is 1. The third-order valence-electron chi connectivity index (χ3n) is 5.27. The molecule has 1 amide bonds. The zero-order valence-electron chi connectivity index (χ0n) is 21.5. The second-order valence-electron chi connectivity index (χ2n) is 8.71. The average molecular weight is 575 g/mol. The largest absolute Gasteiger partial charge is 0.497 e. The van der Waals surface area contributed by atoms with E-state index in [2.05, 4.69) is 10.3 Å². The minimum Gasteiger partial charge on any atom is -0.497 e. The lowest BCUT2D eigenvalue weighted by atomic mass is 10.2. The molecule has 0 aliphatic heterocycles. The van der Waals surface area contributed by atoms with Gasteiger partial charge >= 0.3 is 5.97 Å². The molecule has 1 heterocycles. The van der Waals surface area contributed by atoms with Crippen LogP contribution in [0, 0.1) is 23.1 Å². The Morgan fingerprint density at radius 1 is 1.21 bits per heavy atom. The van der Waals surface area contributed by atoms with Crippen LogP contribution < -0.4 is 14.4 Å². The molecule has 206 valence electrons. The molecular weight excluding hydrogens is 547 g/mol. The fraction of sp³-hybridized carbons (Fsp3) is 0.308. The molecule has 0 saturated carbocycles. The van der Waals surface area contributed by atoms with Gasteiger partial charge in [0, 0.05) is 12.8 Å². The molecule has 0 fully saturated rings. The van der Waals surface area contributed by atoms with Crippen LogP contribution in [0.1, 0.15) is 42.7 Å². The molecular formula is C26H27FN4O6S2. The number of methoxy groups -OCH3 is 1. The number of anilines is 2. The van der Waals surface area contributed by atoms with Gasteiger partial charge in [0.2, 0.25) is 5.91 Å². The van der Waals surface area contributed by atoms with Gasteiger partial charge in [0.05, 0.1) is 42.4 Å². The summed E-state index contributed by atoms with van der Waals surface area (Å²) >= 11 is 0.925. The van der Waals surface area contributed by atoms with Crippen LogP contribution in [0.25, 0.3) is 0 Å². The van der Waals surface area contributed by atoms with E-state index in [1.54, 1.807) is 24.3 Å². The Kier molecular flexibility index (Phi) is 9.97. The third kappa shape index (κ3) is 7.52. The zero-order valence-corrected chi connectivity index (χ0v) is 23.1. The normalized spacial score (nSPS) is 11.1. The van der Waals surface area contributed by atoms with Gasteiger partial charge in [0.15, 0.2) is 5.69 Å². The number of nitrogens with one attached hydrogen (secondary N) is 1. The van der Waals surface area contributed by atoms with Gasteiger partial charge in [0.25, 0.3) is 10.0 Å². The highest BCUT2D eigenvalue weighted by Crippen LogP contribution is 2.34. The highest BCUT2D eigenvalue weighted by Gasteiger charge is 2.32. The highest BCUT2D eigenvalue weighted by molar-refractivity contribution is 7.93. The molecule has 0 aliphatic rings. The van der Waals surface area contributed by atoms with Gasteiger partial charge in [0.1, 0.15) is 16.6 Å². The van der Waals surface area contributed by atoms with E-state index in [1.165, 1.54) is 12.6 Å².